The largest absolute Gasteiger partial charge is 0.507 e. The van der Waals surface area contributed by atoms with Crippen LogP contribution in [-0.2, 0) is 0 Å². The lowest BCUT2D eigenvalue weighted by Gasteiger charge is -2.08. The molecule has 0 bridgehead atoms. The van der Waals surface area contributed by atoms with Crippen molar-refractivity contribution in [3.8, 4) is 22.9 Å². The number of hydrogen-bond acceptors (Lipinski definition) is 2. The Morgan fingerprint density at radius 3 is 2.56 bits per heavy atom. The van der Waals surface area contributed by atoms with Gasteiger partial charge in [0.05, 0.1) is 10.6 Å². The van der Waals surface area contributed by atoms with Gasteiger partial charge in [0.1, 0.15) is 11.8 Å². The minimum atomic E-state index is -1.08. The second-order valence-corrected chi connectivity index (χ2v) is 3.97. The molecule has 0 atom stereocenters. The van der Waals surface area contributed by atoms with E-state index in [1.165, 1.54) is 18.2 Å². The van der Waals surface area contributed by atoms with Crippen molar-refractivity contribution in [3.05, 3.63) is 52.6 Å². The molecule has 0 heterocycles. The quantitative estimate of drug-likeness (QED) is 0.851. The molecule has 0 unspecified atom stereocenters. The lowest BCUT2D eigenvalue weighted by atomic mass is 10.0. The zero-order valence-corrected chi connectivity index (χ0v) is 9.67. The van der Waals surface area contributed by atoms with Gasteiger partial charge in [-0.05, 0) is 12.1 Å². The predicted molar refractivity (Wildman–Crippen MR) is 63.2 cm³/mol. The van der Waals surface area contributed by atoms with E-state index in [1.54, 1.807) is 0 Å². The SMILES string of the molecule is N#Cc1cc(-c2cccc(F)c2F)c(O)cc1Cl. The molecule has 2 aromatic carbocycles. The lowest BCUT2D eigenvalue weighted by molar-refractivity contribution is 0.475. The normalized spacial score (nSPS) is 10.1. The number of halogens is 3. The van der Waals surface area contributed by atoms with Gasteiger partial charge in [0.2, 0.25) is 0 Å². The Bertz CT molecular complexity index is 665. The van der Waals surface area contributed by atoms with Crippen LogP contribution in [0.3, 0.4) is 0 Å². The first-order valence-corrected chi connectivity index (χ1v) is 5.29. The maximum atomic E-state index is 13.6. The van der Waals surface area contributed by atoms with Gasteiger partial charge in [0, 0.05) is 17.2 Å². The van der Waals surface area contributed by atoms with Crippen LogP contribution in [0.4, 0.5) is 8.78 Å². The molecule has 5 heteroatoms. The fraction of sp³-hybridized carbons (Fsp3) is 0. The molecule has 0 amide bonds. The van der Waals surface area contributed by atoms with Crippen molar-refractivity contribution in [2.75, 3.05) is 0 Å². The van der Waals surface area contributed by atoms with Crippen molar-refractivity contribution in [2.24, 2.45) is 0 Å². The highest BCUT2D eigenvalue weighted by molar-refractivity contribution is 6.32. The molecule has 90 valence electrons. The second kappa shape index (κ2) is 4.63. The number of aromatic hydroxyl groups is 1. The first kappa shape index (κ1) is 12.3. The minimum absolute atomic E-state index is 0.0213. The molecule has 18 heavy (non-hydrogen) atoms. The van der Waals surface area contributed by atoms with Gasteiger partial charge in [-0.3, -0.25) is 0 Å². The number of rotatable bonds is 1. The van der Waals surface area contributed by atoms with Gasteiger partial charge in [0.25, 0.3) is 0 Å². The van der Waals surface area contributed by atoms with Gasteiger partial charge in [-0.15, -0.1) is 0 Å². The van der Waals surface area contributed by atoms with Crippen molar-refractivity contribution >= 4 is 11.6 Å². The van der Waals surface area contributed by atoms with E-state index in [4.69, 9.17) is 16.9 Å². The molecule has 2 aromatic rings. The van der Waals surface area contributed by atoms with Crippen LogP contribution in [0, 0.1) is 23.0 Å². The summed E-state index contributed by atoms with van der Waals surface area (Å²) in [6.07, 6.45) is 0. The van der Waals surface area contributed by atoms with Crippen LogP contribution in [0.5, 0.6) is 5.75 Å². The average molecular weight is 266 g/mol. The molecule has 0 aliphatic carbocycles. The van der Waals surface area contributed by atoms with Gasteiger partial charge in [-0.25, -0.2) is 8.78 Å². The molecule has 0 aliphatic heterocycles. The lowest BCUT2D eigenvalue weighted by Crippen LogP contribution is -1.91. The Morgan fingerprint density at radius 1 is 1.17 bits per heavy atom. The molecule has 0 fully saturated rings. The van der Waals surface area contributed by atoms with E-state index in [-0.39, 0.29) is 27.5 Å². The number of nitriles is 1. The van der Waals surface area contributed by atoms with Crippen LogP contribution in [-0.4, -0.2) is 5.11 Å². The van der Waals surface area contributed by atoms with Gasteiger partial charge in [-0.2, -0.15) is 5.26 Å². The monoisotopic (exact) mass is 265 g/mol. The van der Waals surface area contributed by atoms with Crippen LogP contribution < -0.4 is 0 Å². The first-order chi connectivity index (χ1) is 8.54. The number of nitrogens with zero attached hydrogens (tertiary/aromatic N) is 1. The summed E-state index contributed by atoms with van der Waals surface area (Å²) >= 11 is 5.71. The molecule has 0 aliphatic rings. The minimum Gasteiger partial charge on any atom is -0.507 e. The predicted octanol–water partition coefficient (Wildman–Crippen LogP) is 3.86. The smallest absolute Gasteiger partial charge is 0.166 e. The molecule has 1 N–H and O–H groups in total. The Balaban J connectivity index is 2.72. The third-order valence-electron chi connectivity index (χ3n) is 2.45. The Morgan fingerprint density at radius 2 is 1.89 bits per heavy atom. The number of hydrogen-bond donors (Lipinski definition) is 1. The van der Waals surface area contributed by atoms with Crippen molar-refractivity contribution in [3.63, 3.8) is 0 Å². The maximum Gasteiger partial charge on any atom is 0.166 e. The maximum absolute atomic E-state index is 13.6. The average Bonchev–Trinajstić information content (AvgIpc) is 2.34. The Labute approximate surface area is 107 Å². The molecule has 2 rings (SSSR count). The third-order valence-corrected chi connectivity index (χ3v) is 2.76. The summed E-state index contributed by atoms with van der Waals surface area (Å²) in [5.74, 6) is -2.43. The third kappa shape index (κ3) is 2.01. The highest BCUT2D eigenvalue weighted by Gasteiger charge is 2.15. The highest BCUT2D eigenvalue weighted by atomic mass is 35.5. The standard InChI is InChI=1S/C13H6ClF2NO/c14-10-5-12(18)9(4-7(10)6-17)8-2-1-3-11(15)13(8)16/h1-5,18H. The first-order valence-electron chi connectivity index (χ1n) is 4.91. The molecule has 2 nitrogen and oxygen atoms in total. The summed E-state index contributed by atoms with van der Waals surface area (Å²) in [7, 11) is 0. The van der Waals surface area contributed by atoms with E-state index in [0.717, 1.165) is 12.1 Å². The molecular formula is C13H6ClF2NO. The number of phenols is 1. The van der Waals surface area contributed by atoms with Gasteiger partial charge in [-0.1, -0.05) is 23.7 Å². The summed E-state index contributed by atoms with van der Waals surface area (Å²) in [5, 5.41) is 18.6. The van der Waals surface area contributed by atoms with Crippen molar-refractivity contribution < 1.29 is 13.9 Å². The summed E-state index contributed by atoms with van der Waals surface area (Å²) < 4.78 is 26.7. The Kier molecular flexibility index (Phi) is 3.17. The summed E-state index contributed by atoms with van der Waals surface area (Å²) in [6, 6.07) is 7.74. The second-order valence-electron chi connectivity index (χ2n) is 3.56. The molecule has 0 saturated heterocycles. The highest BCUT2D eigenvalue weighted by Crippen LogP contribution is 2.35. The van der Waals surface area contributed by atoms with Gasteiger partial charge >= 0.3 is 0 Å². The van der Waals surface area contributed by atoms with Crippen LogP contribution in [0.1, 0.15) is 5.56 Å². The van der Waals surface area contributed by atoms with Crippen LogP contribution >= 0.6 is 11.6 Å². The molecule has 0 aromatic heterocycles. The van der Waals surface area contributed by atoms with Gasteiger partial charge in [0.15, 0.2) is 11.6 Å². The van der Waals surface area contributed by atoms with Crippen LogP contribution in [0.2, 0.25) is 5.02 Å². The zero-order valence-electron chi connectivity index (χ0n) is 8.92. The molecule has 0 saturated carbocycles. The van der Waals surface area contributed by atoms with Gasteiger partial charge < -0.3 is 5.11 Å². The number of phenolic OH excluding ortho intramolecular Hbond substituents is 1. The van der Waals surface area contributed by atoms with Crippen LogP contribution in [0.15, 0.2) is 30.3 Å². The fourth-order valence-electron chi connectivity index (χ4n) is 1.58. The van der Waals surface area contributed by atoms with E-state index in [1.807, 2.05) is 6.07 Å². The van der Waals surface area contributed by atoms with E-state index >= 15 is 0 Å². The van der Waals surface area contributed by atoms with Crippen molar-refractivity contribution in [1.82, 2.24) is 0 Å². The molecular weight excluding hydrogens is 260 g/mol. The van der Waals surface area contributed by atoms with Crippen molar-refractivity contribution in [1.29, 1.82) is 5.26 Å². The fourth-order valence-corrected chi connectivity index (χ4v) is 1.78. The summed E-state index contributed by atoms with van der Waals surface area (Å²) in [6.45, 7) is 0. The van der Waals surface area contributed by atoms with E-state index < -0.39 is 11.6 Å². The van der Waals surface area contributed by atoms with Crippen LogP contribution in [0.25, 0.3) is 11.1 Å². The van der Waals surface area contributed by atoms with E-state index in [0.29, 0.717) is 0 Å². The van der Waals surface area contributed by atoms with E-state index in [9.17, 15) is 13.9 Å². The van der Waals surface area contributed by atoms with Crippen molar-refractivity contribution in [2.45, 2.75) is 0 Å². The number of benzene rings is 2. The zero-order chi connectivity index (χ0) is 13.3. The summed E-state index contributed by atoms with van der Waals surface area (Å²) in [5.41, 5.74) is -0.0262. The summed E-state index contributed by atoms with van der Waals surface area (Å²) in [4.78, 5) is 0. The Hall–Kier alpha value is -2.12. The van der Waals surface area contributed by atoms with E-state index in [2.05, 4.69) is 0 Å². The molecule has 0 spiro atoms. The topological polar surface area (TPSA) is 44.0 Å². The molecule has 0 radical (unpaired) electrons.